The van der Waals surface area contributed by atoms with Gasteiger partial charge in [-0.25, -0.2) is 0 Å². The number of hydrogen-bond donors (Lipinski definition) is 1. The lowest BCUT2D eigenvalue weighted by Crippen LogP contribution is -2.40. The summed E-state index contributed by atoms with van der Waals surface area (Å²) >= 11 is 0. The van der Waals surface area contributed by atoms with Crippen molar-refractivity contribution in [2.75, 3.05) is 26.7 Å². The summed E-state index contributed by atoms with van der Waals surface area (Å²) in [5.74, 6) is 0.289. The molecule has 29 heavy (non-hydrogen) atoms. The standard InChI is InChI=1S/C21H24F3N3O2/c1-29-18-8-4-3-7-16(18)17(27-11-5-2-6-12-27)14-26-20(28)15-9-10-19(25-13-15)21(22,23)24/h3-4,7-10,13,17H,2,5-6,11-12,14H2,1H3,(H,26,28). The number of amides is 1. The highest BCUT2D eigenvalue weighted by atomic mass is 19.4. The van der Waals surface area contributed by atoms with Crippen molar-refractivity contribution in [1.82, 2.24) is 15.2 Å². The van der Waals surface area contributed by atoms with Gasteiger partial charge in [-0.3, -0.25) is 14.7 Å². The monoisotopic (exact) mass is 407 g/mol. The summed E-state index contributed by atoms with van der Waals surface area (Å²) in [6.45, 7) is 2.15. The van der Waals surface area contributed by atoms with E-state index in [4.69, 9.17) is 4.74 Å². The van der Waals surface area contributed by atoms with Gasteiger partial charge in [0.25, 0.3) is 5.91 Å². The minimum absolute atomic E-state index is 0.0854. The Bertz CT molecular complexity index is 819. The fraction of sp³-hybridized carbons (Fsp3) is 0.429. The highest BCUT2D eigenvalue weighted by molar-refractivity contribution is 5.93. The van der Waals surface area contributed by atoms with Gasteiger partial charge in [-0.05, 0) is 44.1 Å². The van der Waals surface area contributed by atoms with Crippen LogP contribution in [0, 0.1) is 0 Å². The molecule has 1 atom stereocenters. The van der Waals surface area contributed by atoms with E-state index in [1.54, 1.807) is 7.11 Å². The molecule has 1 aromatic carbocycles. The summed E-state index contributed by atoms with van der Waals surface area (Å²) < 4.78 is 43.5. The first-order valence-corrected chi connectivity index (χ1v) is 9.58. The van der Waals surface area contributed by atoms with Crippen LogP contribution in [0.15, 0.2) is 42.6 Å². The second-order valence-corrected chi connectivity index (χ2v) is 6.99. The number of benzene rings is 1. The molecule has 1 amide bonds. The van der Waals surface area contributed by atoms with E-state index < -0.39 is 17.8 Å². The van der Waals surface area contributed by atoms with Crippen LogP contribution in [0.1, 0.15) is 46.9 Å². The van der Waals surface area contributed by atoms with Crippen LogP contribution in [-0.4, -0.2) is 42.5 Å². The van der Waals surface area contributed by atoms with E-state index in [9.17, 15) is 18.0 Å². The second-order valence-electron chi connectivity index (χ2n) is 6.99. The van der Waals surface area contributed by atoms with Crippen LogP contribution >= 0.6 is 0 Å². The van der Waals surface area contributed by atoms with Gasteiger partial charge in [-0.2, -0.15) is 13.2 Å². The second kappa shape index (κ2) is 9.26. The number of aromatic nitrogens is 1. The minimum Gasteiger partial charge on any atom is -0.496 e. The average molecular weight is 407 g/mol. The Hall–Kier alpha value is -2.61. The highest BCUT2D eigenvalue weighted by Gasteiger charge is 2.32. The van der Waals surface area contributed by atoms with Crippen molar-refractivity contribution < 1.29 is 22.7 Å². The topological polar surface area (TPSA) is 54.5 Å². The van der Waals surface area contributed by atoms with Gasteiger partial charge >= 0.3 is 6.18 Å². The number of ether oxygens (including phenoxy) is 1. The number of nitrogens with zero attached hydrogens (tertiary/aromatic N) is 2. The summed E-state index contributed by atoms with van der Waals surface area (Å²) in [5, 5.41) is 2.85. The number of halogens is 3. The number of pyridine rings is 1. The highest BCUT2D eigenvalue weighted by Crippen LogP contribution is 2.31. The van der Waals surface area contributed by atoms with Gasteiger partial charge in [0.1, 0.15) is 11.4 Å². The maximum atomic E-state index is 12.7. The predicted molar refractivity (Wildman–Crippen MR) is 103 cm³/mol. The summed E-state index contributed by atoms with van der Waals surface area (Å²) in [5.41, 5.74) is 0.0485. The molecular formula is C21H24F3N3O2. The molecule has 3 rings (SSSR count). The molecule has 0 spiro atoms. The normalized spacial score (nSPS) is 16.3. The third-order valence-corrected chi connectivity index (χ3v) is 5.10. The van der Waals surface area contributed by atoms with Crippen molar-refractivity contribution in [2.24, 2.45) is 0 Å². The number of alkyl halides is 3. The quantitative estimate of drug-likeness (QED) is 0.785. The molecule has 1 aliphatic heterocycles. The molecule has 1 saturated heterocycles. The molecule has 156 valence electrons. The molecule has 0 bridgehead atoms. The fourth-order valence-electron chi connectivity index (χ4n) is 3.59. The Morgan fingerprint density at radius 1 is 1.17 bits per heavy atom. The van der Waals surface area contributed by atoms with Gasteiger partial charge in [0.05, 0.1) is 18.7 Å². The molecule has 5 nitrogen and oxygen atoms in total. The summed E-state index contributed by atoms with van der Waals surface area (Å²) in [4.78, 5) is 18.2. The SMILES string of the molecule is COc1ccccc1C(CNC(=O)c1ccc(C(F)(F)F)nc1)N1CCCCC1. The van der Waals surface area contributed by atoms with Crippen molar-refractivity contribution in [3.05, 3.63) is 59.4 Å². The van der Waals surface area contributed by atoms with E-state index in [1.165, 1.54) is 6.42 Å². The lowest BCUT2D eigenvalue weighted by molar-refractivity contribution is -0.141. The van der Waals surface area contributed by atoms with Gasteiger partial charge in [-0.1, -0.05) is 24.6 Å². The van der Waals surface area contributed by atoms with Gasteiger partial charge in [-0.15, -0.1) is 0 Å². The zero-order valence-corrected chi connectivity index (χ0v) is 16.2. The Balaban J connectivity index is 1.75. The number of para-hydroxylation sites is 1. The first-order chi connectivity index (χ1) is 13.9. The van der Waals surface area contributed by atoms with E-state index in [0.717, 1.165) is 55.6 Å². The molecule has 1 N–H and O–H groups in total. The third-order valence-electron chi connectivity index (χ3n) is 5.10. The van der Waals surface area contributed by atoms with Crippen LogP contribution < -0.4 is 10.1 Å². The largest absolute Gasteiger partial charge is 0.496 e. The lowest BCUT2D eigenvalue weighted by Gasteiger charge is -2.35. The molecule has 2 aromatic rings. The van der Waals surface area contributed by atoms with E-state index in [0.29, 0.717) is 6.54 Å². The number of rotatable bonds is 6. The van der Waals surface area contributed by atoms with Crippen LogP contribution in [0.2, 0.25) is 0 Å². The average Bonchev–Trinajstić information content (AvgIpc) is 2.74. The smallest absolute Gasteiger partial charge is 0.433 e. The van der Waals surface area contributed by atoms with Gasteiger partial charge in [0.2, 0.25) is 0 Å². The van der Waals surface area contributed by atoms with Crippen molar-refractivity contribution in [3.8, 4) is 5.75 Å². The molecule has 0 aliphatic carbocycles. The van der Waals surface area contributed by atoms with Crippen molar-refractivity contribution in [2.45, 2.75) is 31.5 Å². The molecule has 1 unspecified atom stereocenters. The summed E-state index contributed by atoms with van der Waals surface area (Å²) in [6.07, 6.45) is -0.223. The van der Waals surface area contributed by atoms with E-state index in [-0.39, 0.29) is 11.6 Å². The van der Waals surface area contributed by atoms with Gasteiger partial charge in [0.15, 0.2) is 0 Å². The summed E-state index contributed by atoms with van der Waals surface area (Å²) in [7, 11) is 1.61. The lowest BCUT2D eigenvalue weighted by atomic mass is 10.0. The predicted octanol–water partition coefficient (Wildman–Crippen LogP) is 4.07. The molecule has 1 aromatic heterocycles. The number of hydrogen-bond acceptors (Lipinski definition) is 4. The Morgan fingerprint density at radius 2 is 1.90 bits per heavy atom. The van der Waals surface area contributed by atoms with E-state index in [2.05, 4.69) is 15.2 Å². The van der Waals surface area contributed by atoms with Gasteiger partial charge < -0.3 is 10.1 Å². The molecule has 0 saturated carbocycles. The van der Waals surface area contributed by atoms with E-state index in [1.807, 2.05) is 24.3 Å². The van der Waals surface area contributed by atoms with Crippen molar-refractivity contribution in [3.63, 3.8) is 0 Å². The Kier molecular flexibility index (Phi) is 6.74. The molecule has 2 heterocycles. The molecule has 8 heteroatoms. The van der Waals surface area contributed by atoms with Crippen LogP contribution in [0.25, 0.3) is 0 Å². The van der Waals surface area contributed by atoms with Crippen LogP contribution in [0.4, 0.5) is 13.2 Å². The Morgan fingerprint density at radius 3 is 2.52 bits per heavy atom. The molecule has 1 fully saturated rings. The van der Waals surface area contributed by atoms with Crippen LogP contribution in [0.5, 0.6) is 5.75 Å². The number of piperidine rings is 1. The van der Waals surface area contributed by atoms with Crippen LogP contribution in [-0.2, 0) is 6.18 Å². The first-order valence-electron chi connectivity index (χ1n) is 9.58. The third kappa shape index (κ3) is 5.26. The number of likely N-dealkylation sites (tertiary alicyclic amines) is 1. The summed E-state index contributed by atoms with van der Waals surface area (Å²) in [6, 6.07) is 9.55. The maximum absolute atomic E-state index is 12.7. The Labute approximate surface area is 167 Å². The number of carbonyl (C=O) groups is 1. The zero-order valence-electron chi connectivity index (χ0n) is 16.2. The van der Waals surface area contributed by atoms with Crippen molar-refractivity contribution >= 4 is 5.91 Å². The fourth-order valence-corrected chi connectivity index (χ4v) is 3.59. The van der Waals surface area contributed by atoms with Crippen molar-refractivity contribution in [1.29, 1.82) is 0 Å². The number of nitrogens with one attached hydrogen (secondary N) is 1. The first kappa shape index (κ1) is 21.1. The molecule has 0 radical (unpaired) electrons. The maximum Gasteiger partial charge on any atom is 0.433 e. The number of methoxy groups -OCH3 is 1. The minimum atomic E-state index is -4.53. The number of carbonyl (C=O) groups excluding carboxylic acids is 1. The zero-order chi connectivity index (χ0) is 20.9. The molecular weight excluding hydrogens is 383 g/mol. The van der Waals surface area contributed by atoms with Gasteiger partial charge in [0, 0.05) is 18.3 Å². The van der Waals surface area contributed by atoms with Crippen LogP contribution in [0.3, 0.4) is 0 Å². The van der Waals surface area contributed by atoms with E-state index >= 15 is 0 Å². The molecule has 1 aliphatic rings.